The van der Waals surface area contributed by atoms with Crippen LogP contribution in [0.1, 0.15) is 42.6 Å². The van der Waals surface area contributed by atoms with Crippen molar-refractivity contribution in [3.05, 3.63) is 59.7 Å². The number of rotatable bonds is 12. The van der Waals surface area contributed by atoms with Gasteiger partial charge in [-0.05, 0) is 49.6 Å². The lowest BCUT2D eigenvalue weighted by atomic mass is 10.1. The molecule has 0 atom stereocenters. The molecule has 0 saturated heterocycles. The summed E-state index contributed by atoms with van der Waals surface area (Å²) in [7, 11) is -3.54. The van der Waals surface area contributed by atoms with Crippen molar-refractivity contribution in [2.75, 3.05) is 30.3 Å². The van der Waals surface area contributed by atoms with Crippen LogP contribution in [0.3, 0.4) is 0 Å². The standard InChI is InChI=1S/C23H30N2O5S/c1-4-19-10-12-22(13-11-19)30-16-14-24-23(27)9-6-15-25(31(3,28)29)21-8-5-7-20(17-21)18(2)26/h5,7-8,10-13,17H,4,6,9,14-16H2,1-3H3,(H,24,27). The molecule has 7 nitrogen and oxygen atoms in total. The normalized spacial score (nSPS) is 11.1. The Hall–Kier alpha value is -2.87. The summed E-state index contributed by atoms with van der Waals surface area (Å²) in [6.07, 6.45) is 2.61. The molecule has 31 heavy (non-hydrogen) atoms. The smallest absolute Gasteiger partial charge is 0.232 e. The molecule has 168 valence electrons. The van der Waals surface area contributed by atoms with Gasteiger partial charge < -0.3 is 10.1 Å². The van der Waals surface area contributed by atoms with Gasteiger partial charge in [0.2, 0.25) is 15.9 Å². The largest absolute Gasteiger partial charge is 0.492 e. The van der Waals surface area contributed by atoms with E-state index in [-0.39, 0.29) is 24.7 Å². The summed E-state index contributed by atoms with van der Waals surface area (Å²) in [4.78, 5) is 23.7. The van der Waals surface area contributed by atoms with Crippen LogP contribution >= 0.6 is 0 Å². The van der Waals surface area contributed by atoms with E-state index >= 15 is 0 Å². The predicted octanol–water partition coefficient (Wildman–Crippen LogP) is 3.19. The van der Waals surface area contributed by atoms with Gasteiger partial charge in [0, 0.05) is 18.5 Å². The Morgan fingerprint density at radius 3 is 2.42 bits per heavy atom. The number of aryl methyl sites for hydroxylation is 1. The Morgan fingerprint density at radius 1 is 1.10 bits per heavy atom. The zero-order chi connectivity index (χ0) is 22.9. The molecule has 0 heterocycles. The zero-order valence-corrected chi connectivity index (χ0v) is 19.1. The van der Waals surface area contributed by atoms with Gasteiger partial charge in [-0.1, -0.05) is 31.2 Å². The first-order valence-electron chi connectivity index (χ1n) is 10.3. The maximum atomic E-state index is 12.2. The van der Waals surface area contributed by atoms with Gasteiger partial charge in [-0.25, -0.2) is 8.42 Å². The molecule has 8 heteroatoms. The summed E-state index contributed by atoms with van der Waals surface area (Å²) in [5.41, 5.74) is 2.09. The first-order valence-corrected chi connectivity index (χ1v) is 12.1. The summed E-state index contributed by atoms with van der Waals surface area (Å²) in [5.74, 6) is 0.442. The van der Waals surface area contributed by atoms with E-state index in [9.17, 15) is 18.0 Å². The minimum atomic E-state index is -3.54. The van der Waals surface area contributed by atoms with Crippen molar-refractivity contribution in [3.63, 3.8) is 0 Å². The number of benzene rings is 2. The highest BCUT2D eigenvalue weighted by molar-refractivity contribution is 7.92. The van der Waals surface area contributed by atoms with Crippen LogP contribution in [-0.2, 0) is 21.2 Å². The number of ketones is 1. The zero-order valence-electron chi connectivity index (χ0n) is 18.3. The number of carbonyl (C=O) groups excluding carboxylic acids is 2. The number of nitrogens with one attached hydrogen (secondary N) is 1. The lowest BCUT2D eigenvalue weighted by Crippen LogP contribution is -2.33. The second kappa shape index (κ2) is 11.5. The van der Waals surface area contributed by atoms with Gasteiger partial charge >= 0.3 is 0 Å². The van der Waals surface area contributed by atoms with Crippen molar-refractivity contribution >= 4 is 27.4 Å². The van der Waals surface area contributed by atoms with Gasteiger partial charge in [0.15, 0.2) is 5.78 Å². The highest BCUT2D eigenvalue weighted by Gasteiger charge is 2.18. The third-order valence-corrected chi connectivity index (χ3v) is 5.92. The van der Waals surface area contributed by atoms with Gasteiger partial charge in [0.1, 0.15) is 12.4 Å². The number of Topliss-reactive ketones (excluding diaryl/α,β-unsaturated/α-hetero) is 1. The minimum absolute atomic E-state index is 0.141. The SMILES string of the molecule is CCc1ccc(OCCNC(=O)CCCN(c2cccc(C(C)=O)c2)S(C)(=O)=O)cc1. The molecular weight excluding hydrogens is 416 g/mol. The van der Waals surface area contributed by atoms with Crippen LogP contribution in [0.5, 0.6) is 5.75 Å². The molecule has 0 spiro atoms. The van der Waals surface area contributed by atoms with Crippen molar-refractivity contribution in [1.29, 1.82) is 0 Å². The lowest BCUT2D eigenvalue weighted by Gasteiger charge is -2.22. The molecule has 0 fully saturated rings. The fourth-order valence-corrected chi connectivity index (χ4v) is 3.98. The molecular formula is C23H30N2O5S. The first-order chi connectivity index (χ1) is 14.7. The second-order valence-electron chi connectivity index (χ2n) is 7.24. The summed E-state index contributed by atoms with van der Waals surface area (Å²) < 4.78 is 31.2. The fourth-order valence-electron chi connectivity index (χ4n) is 3.02. The average Bonchev–Trinajstić information content (AvgIpc) is 2.74. The van der Waals surface area contributed by atoms with E-state index in [2.05, 4.69) is 12.2 Å². The van der Waals surface area contributed by atoms with Gasteiger partial charge in [-0.2, -0.15) is 0 Å². The van der Waals surface area contributed by atoms with Crippen LogP contribution in [-0.4, -0.2) is 46.1 Å². The number of carbonyl (C=O) groups is 2. The van der Waals surface area contributed by atoms with E-state index in [1.54, 1.807) is 24.3 Å². The van der Waals surface area contributed by atoms with Gasteiger partial charge in [0.05, 0.1) is 18.5 Å². The molecule has 1 N–H and O–H groups in total. The molecule has 0 aliphatic carbocycles. The number of hydrogen-bond donors (Lipinski definition) is 1. The van der Waals surface area contributed by atoms with Crippen LogP contribution in [0.15, 0.2) is 48.5 Å². The summed E-state index contributed by atoms with van der Waals surface area (Å²) in [5, 5.41) is 2.78. The molecule has 0 bridgehead atoms. The molecule has 0 saturated carbocycles. The Bertz CT molecular complexity index is 987. The Labute approximate surface area is 184 Å². The van der Waals surface area contributed by atoms with Crippen LogP contribution in [0.4, 0.5) is 5.69 Å². The summed E-state index contributed by atoms with van der Waals surface area (Å²) in [6.45, 7) is 4.38. The van der Waals surface area contributed by atoms with E-state index < -0.39 is 10.0 Å². The molecule has 0 radical (unpaired) electrons. The number of ether oxygens (including phenoxy) is 1. The molecule has 1 amide bonds. The molecule has 0 aromatic heterocycles. The molecule has 2 rings (SSSR count). The molecule has 2 aromatic rings. The highest BCUT2D eigenvalue weighted by Crippen LogP contribution is 2.20. The van der Waals surface area contributed by atoms with Crippen LogP contribution in [0.25, 0.3) is 0 Å². The highest BCUT2D eigenvalue weighted by atomic mass is 32.2. The van der Waals surface area contributed by atoms with Crippen molar-refractivity contribution in [2.24, 2.45) is 0 Å². The van der Waals surface area contributed by atoms with Crippen molar-refractivity contribution < 1.29 is 22.7 Å². The van der Waals surface area contributed by atoms with Gasteiger partial charge in [-0.15, -0.1) is 0 Å². The Balaban J connectivity index is 1.79. The number of hydrogen-bond acceptors (Lipinski definition) is 5. The van der Waals surface area contributed by atoms with Crippen LogP contribution in [0, 0.1) is 0 Å². The van der Waals surface area contributed by atoms with E-state index in [0.717, 1.165) is 18.4 Å². The number of sulfonamides is 1. The van der Waals surface area contributed by atoms with Gasteiger partial charge in [0.25, 0.3) is 0 Å². The van der Waals surface area contributed by atoms with Crippen LogP contribution < -0.4 is 14.4 Å². The number of nitrogens with zero attached hydrogens (tertiary/aromatic N) is 1. The van der Waals surface area contributed by atoms with E-state index in [4.69, 9.17) is 4.74 Å². The molecule has 0 aliphatic rings. The maximum Gasteiger partial charge on any atom is 0.232 e. The second-order valence-corrected chi connectivity index (χ2v) is 9.15. The first kappa shape index (κ1) is 24.4. The Morgan fingerprint density at radius 2 is 1.81 bits per heavy atom. The molecule has 0 unspecified atom stereocenters. The number of amides is 1. The summed E-state index contributed by atoms with van der Waals surface area (Å²) in [6, 6.07) is 14.3. The topological polar surface area (TPSA) is 92.8 Å². The average molecular weight is 447 g/mol. The quantitative estimate of drug-likeness (QED) is 0.399. The lowest BCUT2D eigenvalue weighted by molar-refractivity contribution is -0.121. The third kappa shape index (κ3) is 8.05. The predicted molar refractivity (Wildman–Crippen MR) is 122 cm³/mol. The van der Waals surface area contributed by atoms with Crippen LogP contribution in [0.2, 0.25) is 0 Å². The van der Waals surface area contributed by atoms with E-state index in [1.807, 2.05) is 24.3 Å². The monoisotopic (exact) mass is 446 g/mol. The minimum Gasteiger partial charge on any atom is -0.492 e. The molecule has 2 aromatic carbocycles. The van der Waals surface area contributed by atoms with Crippen molar-refractivity contribution in [2.45, 2.75) is 33.1 Å². The van der Waals surface area contributed by atoms with Gasteiger partial charge in [-0.3, -0.25) is 13.9 Å². The molecule has 0 aliphatic heterocycles. The van der Waals surface area contributed by atoms with Crippen molar-refractivity contribution in [3.8, 4) is 5.75 Å². The van der Waals surface area contributed by atoms with Crippen molar-refractivity contribution in [1.82, 2.24) is 5.32 Å². The fraction of sp³-hybridized carbons (Fsp3) is 0.391. The number of anilines is 1. The Kier molecular flexibility index (Phi) is 9.05. The van der Waals surface area contributed by atoms with E-state index in [0.29, 0.717) is 30.8 Å². The third-order valence-electron chi connectivity index (χ3n) is 4.73. The summed E-state index contributed by atoms with van der Waals surface area (Å²) >= 11 is 0. The van der Waals surface area contributed by atoms with E-state index in [1.165, 1.54) is 16.8 Å². The maximum absolute atomic E-state index is 12.2.